The Balaban J connectivity index is 2.40. The van der Waals surface area contributed by atoms with E-state index < -0.39 is 0 Å². The van der Waals surface area contributed by atoms with E-state index in [2.05, 4.69) is 49.3 Å². The lowest BCUT2D eigenvalue weighted by atomic mass is 9.72. The quantitative estimate of drug-likeness (QED) is 0.903. The van der Waals surface area contributed by atoms with Gasteiger partial charge in [0, 0.05) is 17.9 Å². The number of nitrogens with zero attached hydrogens (tertiary/aromatic N) is 2. The molecule has 106 valence electrons. The molecule has 1 aromatic rings. The lowest BCUT2D eigenvalue weighted by molar-refractivity contribution is 0.0590. The molecule has 1 aliphatic carbocycles. The Morgan fingerprint density at radius 3 is 2.47 bits per heavy atom. The van der Waals surface area contributed by atoms with E-state index in [0.29, 0.717) is 6.04 Å². The maximum atomic E-state index is 4.34. The van der Waals surface area contributed by atoms with Gasteiger partial charge in [0.2, 0.25) is 0 Å². The standard InChI is InChI=1S/C16H27N3/c1-13-8-11-18-12-14(13)15(17-2)16(19(3)4)9-6-5-7-10-16/h8,11-12,15,17H,5-7,9-10H2,1-4H3. The van der Waals surface area contributed by atoms with Crippen molar-refractivity contribution in [2.24, 2.45) is 0 Å². The minimum atomic E-state index is 0.223. The fourth-order valence-electron chi connectivity index (χ4n) is 3.65. The van der Waals surface area contributed by atoms with Crippen LogP contribution in [0.4, 0.5) is 0 Å². The van der Waals surface area contributed by atoms with Gasteiger partial charge in [0.05, 0.1) is 6.04 Å². The molecule has 3 heteroatoms. The molecule has 1 aliphatic rings. The average molecular weight is 261 g/mol. The summed E-state index contributed by atoms with van der Waals surface area (Å²) in [5.41, 5.74) is 2.91. The predicted octanol–water partition coefficient (Wildman–Crippen LogP) is 2.92. The maximum Gasteiger partial charge on any atom is 0.0522 e. The first kappa shape index (κ1) is 14.5. The summed E-state index contributed by atoms with van der Waals surface area (Å²) < 4.78 is 0. The van der Waals surface area contributed by atoms with Crippen LogP contribution in [0.2, 0.25) is 0 Å². The first-order valence-electron chi connectivity index (χ1n) is 7.37. The van der Waals surface area contributed by atoms with Gasteiger partial charge in [-0.1, -0.05) is 19.3 Å². The lowest BCUT2D eigenvalue weighted by Crippen LogP contribution is -2.54. The molecular formula is C16H27N3. The highest BCUT2D eigenvalue weighted by molar-refractivity contribution is 5.29. The molecule has 19 heavy (non-hydrogen) atoms. The zero-order valence-corrected chi connectivity index (χ0v) is 12.7. The average Bonchev–Trinajstić information content (AvgIpc) is 2.42. The third-order valence-corrected chi connectivity index (χ3v) is 4.83. The van der Waals surface area contributed by atoms with Gasteiger partial charge in [0.1, 0.15) is 0 Å². The highest BCUT2D eigenvalue weighted by atomic mass is 15.2. The van der Waals surface area contributed by atoms with E-state index in [1.165, 1.54) is 43.2 Å². The number of aromatic nitrogens is 1. The summed E-state index contributed by atoms with van der Waals surface area (Å²) in [6.45, 7) is 2.19. The predicted molar refractivity (Wildman–Crippen MR) is 80.3 cm³/mol. The second-order valence-corrected chi connectivity index (χ2v) is 6.01. The molecular weight excluding hydrogens is 234 g/mol. The number of hydrogen-bond acceptors (Lipinski definition) is 3. The van der Waals surface area contributed by atoms with Crippen LogP contribution in [0.3, 0.4) is 0 Å². The number of likely N-dealkylation sites (N-methyl/N-ethyl adjacent to an activating group) is 2. The van der Waals surface area contributed by atoms with Crippen molar-refractivity contribution in [3.63, 3.8) is 0 Å². The summed E-state index contributed by atoms with van der Waals surface area (Å²) in [6, 6.07) is 2.47. The summed E-state index contributed by atoms with van der Waals surface area (Å²) in [4.78, 5) is 6.77. The number of nitrogens with one attached hydrogen (secondary N) is 1. The van der Waals surface area contributed by atoms with Gasteiger partial charge in [-0.2, -0.15) is 0 Å². The van der Waals surface area contributed by atoms with Gasteiger partial charge < -0.3 is 10.2 Å². The Morgan fingerprint density at radius 2 is 1.95 bits per heavy atom. The van der Waals surface area contributed by atoms with Gasteiger partial charge in [0.15, 0.2) is 0 Å². The molecule has 1 saturated carbocycles. The van der Waals surface area contributed by atoms with Crippen molar-refractivity contribution >= 4 is 0 Å². The molecule has 1 aromatic heterocycles. The van der Waals surface area contributed by atoms with Crippen LogP contribution in [0.15, 0.2) is 18.5 Å². The van der Waals surface area contributed by atoms with Crippen molar-refractivity contribution < 1.29 is 0 Å². The largest absolute Gasteiger partial charge is 0.311 e. The van der Waals surface area contributed by atoms with Crippen LogP contribution in [-0.2, 0) is 0 Å². The number of aryl methyl sites for hydroxylation is 1. The zero-order chi connectivity index (χ0) is 13.9. The highest BCUT2D eigenvalue weighted by Crippen LogP contribution is 2.42. The van der Waals surface area contributed by atoms with E-state index in [1.807, 2.05) is 12.4 Å². The van der Waals surface area contributed by atoms with Gasteiger partial charge in [0.25, 0.3) is 0 Å². The molecule has 0 bridgehead atoms. The Labute approximate surface area is 117 Å². The third-order valence-electron chi connectivity index (χ3n) is 4.83. The molecule has 0 spiro atoms. The van der Waals surface area contributed by atoms with Crippen molar-refractivity contribution in [1.29, 1.82) is 0 Å². The topological polar surface area (TPSA) is 28.2 Å². The molecule has 0 aliphatic heterocycles. The Morgan fingerprint density at radius 1 is 1.26 bits per heavy atom. The van der Waals surface area contributed by atoms with Crippen LogP contribution in [-0.4, -0.2) is 36.6 Å². The smallest absolute Gasteiger partial charge is 0.0522 e. The zero-order valence-electron chi connectivity index (χ0n) is 12.7. The van der Waals surface area contributed by atoms with Crippen LogP contribution in [0, 0.1) is 6.92 Å². The van der Waals surface area contributed by atoms with E-state index in [-0.39, 0.29) is 5.54 Å². The first-order chi connectivity index (χ1) is 9.12. The minimum Gasteiger partial charge on any atom is -0.311 e. The van der Waals surface area contributed by atoms with E-state index in [9.17, 15) is 0 Å². The Bertz CT molecular complexity index is 408. The third kappa shape index (κ3) is 2.67. The van der Waals surface area contributed by atoms with E-state index in [0.717, 1.165) is 0 Å². The normalized spacial score (nSPS) is 20.5. The molecule has 2 rings (SSSR count). The Hall–Kier alpha value is -0.930. The molecule has 1 fully saturated rings. The van der Waals surface area contributed by atoms with Crippen molar-refractivity contribution in [1.82, 2.24) is 15.2 Å². The van der Waals surface area contributed by atoms with Gasteiger partial charge in [-0.15, -0.1) is 0 Å². The monoisotopic (exact) mass is 261 g/mol. The first-order valence-corrected chi connectivity index (χ1v) is 7.37. The molecule has 0 radical (unpaired) electrons. The van der Waals surface area contributed by atoms with Crippen LogP contribution in [0.5, 0.6) is 0 Å². The summed E-state index contributed by atoms with van der Waals surface area (Å²) in [5.74, 6) is 0. The second-order valence-electron chi connectivity index (χ2n) is 6.01. The molecule has 1 atom stereocenters. The van der Waals surface area contributed by atoms with Crippen LogP contribution < -0.4 is 5.32 Å². The fourth-order valence-corrected chi connectivity index (χ4v) is 3.65. The van der Waals surface area contributed by atoms with E-state index in [4.69, 9.17) is 0 Å². The fraction of sp³-hybridized carbons (Fsp3) is 0.688. The number of pyridine rings is 1. The van der Waals surface area contributed by atoms with Crippen LogP contribution in [0.1, 0.15) is 49.3 Å². The second kappa shape index (κ2) is 6.02. The molecule has 0 saturated heterocycles. The number of rotatable bonds is 4. The van der Waals surface area contributed by atoms with Gasteiger partial charge in [-0.05, 0) is 58.1 Å². The summed E-state index contributed by atoms with van der Waals surface area (Å²) in [7, 11) is 6.53. The lowest BCUT2D eigenvalue weighted by Gasteiger charge is -2.49. The number of hydrogen-bond donors (Lipinski definition) is 1. The van der Waals surface area contributed by atoms with E-state index >= 15 is 0 Å². The van der Waals surface area contributed by atoms with Crippen molar-refractivity contribution in [2.45, 2.75) is 50.6 Å². The summed E-state index contributed by atoms with van der Waals surface area (Å²) >= 11 is 0. The van der Waals surface area contributed by atoms with E-state index in [1.54, 1.807) is 0 Å². The molecule has 0 amide bonds. The minimum absolute atomic E-state index is 0.223. The molecule has 3 nitrogen and oxygen atoms in total. The molecule has 0 aromatic carbocycles. The van der Waals surface area contributed by atoms with Crippen LogP contribution in [0.25, 0.3) is 0 Å². The van der Waals surface area contributed by atoms with Crippen LogP contribution >= 0.6 is 0 Å². The molecule has 1 heterocycles. The van der Waals surface area contributed by atoms with Gasteiger partial charge in [-0.25, -0.2) is 0 Å². The summed E-state index contributed by atoms with van der Waals surface area (Å²) in [6.07, 6.45) is 10.5. The maximum absolute atomic E-state index is 4.34. The highest BCUT2D eigenvalue weighted by Gasteiger charge is 2.42. The molecule has 1 unspecified atom stereocenters. The van der Waals surface area contributed by atoms with Crippen molar-refractivity contribution in [2.75, 3.05) is 21.1 Å². The van der Waals surface area contributed by atoms with Crippen molar-refractivity contribution in [3.05, 3.63) is 29.6 Å². The summed E-state index contributed by atoms with van der Waals surface area (Å²) in [5, 5.41) is 3.57. The van der Waals surface area contributed by atoms with Gasteiger partial charge in [-0.3, -0.25) is 4.98 Å². The Kier molecular flexibility index (Phi) is 4.58. The molecule has 1 N–H and O–H groups in total. The van der Waals surface area contributed by atoms with Crippen molar-refractivity contribution in [3.8, 4) is 0 Å². The SMILES string of the molecule is CNC(c1cnccc1C)C1(N(C)C)CCCCC1. The van der Waals surface area contributed by atoms with Gasteiger partial charge >= 0.3 is 0 Å².